The molecule has 0 aliphatic heterocycles. The molecule has 1 fully saturated rings. The lowest BCUT2D eigenvalue weighted by atomic mass is 10.0. The van der Waals surface area contributed by atoms with Gasteiger partial charge >= 0.3 is 0 Å². The van der Waals surface area contributed by atoms with Gasteiger partial charge in [0.15, 0.2) is 0 Å². The molecule has 1 aliphatic carbocycles. The highest BCUT2D eigenvalue weighted by Gasteiger charge is 2.48. The van der Waals surface area contributed by atoms with Gasteiger partial charge in [-0.3, -0.25) is 4.79 Å². The van der Waals surface area contributed by atoms with Crippen LogP contribution < -0.4 is 11.1 Å². The fourth-order valence-corrected chi connectivity index (χ4v) is 1.42. The molecule has 14 heavy (non-hydrogen) atoms. The van der Waals surface area contributed by atoms with Gasteiger partial charge in [-0.25, -0.2) is 0 Å². The average Bonchev–Trinajstić information content (AvgIpc) is 2.93. The monoisotopic (exact) mass is 200 g/mol. The summed E-state index contributed by atoms with van der Waals surface area (Å²) in [7, 11) is 0. The molecular formula is C10H20N2O2. The number of hydrogen-bond donors (Lipinski definition) is 3. The quantitative estimate of drug-likeness (QED) is 0.578. The molecule has 1 amide bonds. The maximum absolute atomic E-state index is 11.7. The maximum Gasteiger partial charge on any atom is 0.227 e. The molecule has 0 aromatic rings. The third-order valence-corrected chi connectivity index (χ3v) is 3.04. The van der Waals surface area contributed by atoms with Crippen molar-refractivity contribution in [3.05, 3.63) is 0 Å². The molecule has 4 heteroatoms. The number of rotatable bonds is 5. The first-order valence-corrected chi connectivity index (χ1v) is 5.17. The number of amides is 1. The number of carbonyl (C=O) groups excluding carboxylic acids is 1. The number of nitrogens with one attached hydrogen (secondary N) is 1. The van der Waals surface area contributed by atoms with Crippen LogP contribution in [0, 0.1) is 11.3 Å². The Kier molecular flexibility index (Phi) is 3.50. The van der Waals surface area contributed by atoms with Crippen molar-refractivity contribution in [3.8, 4) is 0 Å². The number of hydrogen-bond acceptors (Lipinski definition) is 3. The van der Waals surface area contributed by atoms with Gasteiger partial charge in [0.25, 0.3) is 0 Å². The SMILES string of the molecule is CC(C)[C@@H](CO)NC(=O)C1(CN)CC1. The van der Waals surface area contributed by atoms with Gasteiger partial charge in [0.1, 0.15) is 0 Å². The molecule has 1 rings (SSSR count). The van der Waals surface area contributed by atoms with Crippen molar-refractivity contribution in [1.82, 2.24) is 5.32 Å². The van der Waals surface area contributed by atoms with E-state index in [0.29, 0.717) is 6.54 Å². The molecule has 0 aromatic carbocycles. The molecule has 82 valence electrons. The van der Waals surface area contributed by atoms with Crippen molar-refractivity contribution in [2.24, 2.45) is 17.1 Å². The van der Waals surface area contributed by atoms with E-state index >= 15 is 0 Å². The van der Waals surface area contributed by atoms with Crippen molar-refractivity contribution in [3.63, 3.8) is 0 Å². The van der Waals surface area contributed by atoms with Crippen LogP contribution in [0.4, 0.5) is 0 Å². The highest BCUT2D eigenvalue weighted by molar-refractivity contribution is 5.85. The predicted octanol–water partition coefficient (Wildman–Crippen LogP) is -0.142. The third kappa shape index (κ3) is 2.25. The average molecular weight is 200 g/mol. The fourth-order valence-electron chi connectivity index (χ4n) is 1.42. The zero-order chi connectivity index (χ0) is 10.8. The Morgan fingerprint density at radius 1 is 1.57 bits per heavy atom. The Bertz CT molecular complexity index is 212. The number of aliphatic hydroxyl groups excluding tert-OH is 1. The Hall–Kier alpha value is -0.610. The molecule has 4 N–H and O–H groups in total. The number of carbonyl (C=O) groups is 1. The molecule has 0 bridgehead atoms. The molecule has 0 saturated heterocycles. The summed E-state index contributed by atoms with van der Waals surface area (Å²) >= 11 is 0. The van der Waals surface area contributed by atoms with Gasteiger partial charge in [0.2, 0.25) is 5.91 Å². The summed E-state index contributed by atoms with van der Waals surface area (Å²) in [6.07, 6.45) is 1.76. The molecule has 0 spiro atoms. The molecule has 0 unspecified atom stereocenters. The summed E-state index contributed by atoms with van der Waals surface area (Å²) in [5.74, 6) is 0.255. The highest BCUT2D eigenvalue weighted by atomic mass is 16.3. The molecule has 0 aromatic heterocycles. The number of aliphatic hydroxyl groups is 1. The van der Waals surface area contributed by atoms with Gasteiger partial charge in [-0.2, -0.15) is 0 Å². The Labute approximate surface area is 84.9 Å². The Morgan fingerprint density at radius 2 is 2.14 bits per heavy atom. The van der Waals surface area contributed by atoms with Gasteiger partial charge in [-0.15, -0.1) is 0 Å². The molecule has 1 saturated carbocycles. The maximum atomic E-state index is 11.7. The second kappa shape index (κ2) is 4.28. The minimum atomic E-state index is -0.317. The highest BCUT2D eigenvalue weighted by Crippen LogP contribution is 2.44. The minimum absolute atomic E-state index is 0.00718. The first-order chi connectivity index (χ1) is 6.55. The third-order valence-electron chi connectivity index (χ3n) is 3.04. The Balaban J connectivity index is 2.47. The van der Waals surface area contributed by atoms with E-state index in [-0.39, 0.29) is 29.9 Å². The molecule has 0 heterocycles. The van der Waals surface area contributed by atoms with Crippen molar-refractivity contribution in [2.75, 3.05) is 13.2 Å². The van der Waals surface area contributed by atoms with E-state index in [1.807, 2.05) is 13.8 Å². The minimum Gasteiger partial charge on any atom is -0.394 e. The predicted molar refractivity (Wildman–Crippen MR) is 54.6 cm³/mol. The van der Waals surface area contributed by atoms with Crippen LogP contribution in [-0.4, -0.2) is 30.2 Å². The summed E-state index contributed by atoms with van der Waals surface area (Å²) in [6.45, 7) is 4.35. The van der Waals surface area contributed by atoms with Gasteiger partial charge in [0.05, 0.1) is 18.1 Å². The van der Waals surface area contributed by atoms with E-state index in [0.717, 1.165) is 12.8 Å². The zero-order valence-electron chi connectivity index (χ0n) is 8.92. The Morgan fingerprint density at radius 3 is 2.43 bits per heavy atom. The summed E-state index contributed by atoms with van der Waals surface area (Å²) in [4.78, 5) is 11.7. The van der Waals surface area contributed by atoms with Crippen molar-refractivity contribution in [1.29, 1.82) is 0 Å². The van der Waals surface area contributed by atoms with Crippen molar-refractivity contribution >= 4 is 5.91 Å². The van der Waals surface area contributed by atoms with E-state index in [1.54, 1.807) is 0 Å². The molecule has 1 atom stereocenters. The first-order valence-electron chi connectivity index (χ1n) is 5.17. The van der Waals surface area contributed by atoms with Crippen molar-refractivity contribution < 1.29 is 9.90 Å². The fraction of sp³-hybridized carbons (Fsp3) is 0.900. The zero-order valence-corrected chi connectivity index (χ0v) is 8.92. The largest absolute Gasteiger partial charge is 0.394 e. The van der Waals surface area contributed by atoms with Crippen LogP contribution >= 0.6 is 0 Å². The lowest BCUT2D eigenvalue weighted by Gasteiger charge is -2.22. The first kappa shape index (κ1) is 11.5. The van der Waals surface area contributed by atoms with Crippen LogP contribution in [0.2, 0.25) is 0 Å². The normalized spacial score (nSPS) is 20.6. The van der Waals surface area contributed by atoms with E-state index in [4.69, 9.17) is 10.8 Å². The summed E-state index contributed by atoms with van der Waals surface area (Å²) in [5, 5.41) is 11.9. The van der Waals surface area contributed by atoms with Crippen LogP contribution in [0.1, 0.15) is 26.7 Å². The molecule has 4 nitrogen and oxygen atoms in total. The van der Waals surface area contributed by atoms with Crippen molar-refractivity contribution in [2.45, 2.75) is 32.7 Å². The van der Waals surface area contributed by atoms with Crippen LogP contribution in [0.25, 0.3) is 0 Å². The van der Waals surface area contributed by atoms with Gasteiger partial charge in [-0.1, -0.05) is 13.8 Å². The second-order valence-electron chi connectivity index (χ2n) is 4.49. The van der Waals surface area contributed by atoms with Crippen LogP contribution in [-0.2, 0) is 4.79 Å². The van der Waals surface area contributed by atoms with E-state index in [2.05, 4.69) is 5.32 Å². The van der Waals surface area contributed by atoms with Gasteiger partial charge in [0, 0.05) is 6.54 Å². The van der Waals surface area contributed by atoms with E-state index < -0.39 is 0 Å². The summed E-state index contributed by atoms with van der Waals surface area (Å²) < 4.78 is 0. The number of nitrogens with two attached hydrogens (primary N) is 1. The molecular weight excluding hydrogens is 180 g/mol. The lowest BCUT2D eigenvalue weighted by molar-refractivity contribution is -0.127. The van der Waals surface area contributed by atoms with E-state index in [1.165, 1.54) is 0 Å². The van der Waals surface area contributed by atoms with Crippen LogP contribution in [0.5, 0.6) is 0 Å². The molecule has 0 radical (unpaired) electrons. The molecule has 1 aliphatic rings. The summed E-state index contributed by atoms with van der Waals surface area (Å²) in [6, 6.07) is -0.147. The van der Waals surface area contributed by atoms with Gasteiger partial charge < -0.3 is 16.2 Å². The van der Waals surface area contributed by atoms with Crippen LogP contribution in [0.3, 0.4) is 0 Å². The van der Waals surface area contributed by atoms with Crippen LogP contribution in [0.15, 0.2) is 0 Å². The summed E-state index contributed by atoms with van der Waals surface area (Å²) in [5.41, 5.74) is 5.22. The lowest BCUT2D eigenvalue weighted by Crippen LogP contribution is -2.46. The van der Waals surface area contributed by atoms with E-state index in [9.17, 15) is 4.79 Å². The second-order valence-corrected chi connectivity index (χ2v) is 4.49. The smallest absolute Gasteiger partial charge is 0.227 e. The topological polar surface area (TPSA) is 75.3 Å². The van der Waals surface area contributed by atoms with Gasteiger partial charge in [-0.05, 0) is 18.8 Å². The standard InChI is InChI=1S/C10H20N2O2/c1-7(2)8(5-13)12-9(14)10(6-11)3-4-10/h7-8,13H,3-6,11H2,1-2H3,(H,12,14)/t8-/m1/s1.